The van der Waals surface area contributed by atoms with Gasteiger partial charge in [-0.2, -0.15) is 0 Å². The van der Waals surface area contributed by atoms with Crippen molar-refractivity contribution in [1.82, 2.24) is 10.2 Å². The summed E-state index contributed by atoms with van der Waals surface area (Å²) in [6.07, 6.45) is -0.0632. The molecule has 2 aromatic carbocycles. The van der Waals surface area contributed by atoms with Gasteiger partial charge in [-0.3, -0.25) is 14.9 Å². The molecular weight excluding hydrogens is 341 g/mol. The third-order valence-corrected chi connectivity index (χ3v) is 3.32. The fourth-order valence-corrected chi connectivity index (χ4v) is 2.09. The number of nitrogens with zero attached hydrogens (tertiary/aromatic N) is 2. The standard InChI is InChI=1S/C18H14FN3O4/c19-14-8-6-12(7-9-14)10-16(24)25-11-15(23)20-18-22-21-17(26-18)13-4-2-1-3-5-13/h1-9H,10-11H2,(H,20,22,23). The van der Waals surface area contributed by atoms with Crippen molar-refractivity contribution in [2.75, 3.05) is 11.9 Å². The van der Waals surface area contributed by atoms with Crippen LogP contribution >= 0.6 is 0 Å². The maximum absolute atomic E-state index is 12.8. The first-order valence-electron chi connectivity index (χ1n) is 7.69. The van der Waals surface area contributed by atoms with Gasteiger partial charge in [0.05, 0.1) is 6.42 Å². The smallest absolute Gasteiger partial charge is 0.322 e. The predicted octanol–water partition coefficient (Wildman–Crippen LogP) is 2.60. The Labute approximate surface area is 147 Å². The van der Waals surface area contributed by atoms with E-state index < -0.39 is 24.3 Å². The van der Waals surface area contributed by atoms with Crippen molar-refractivity contribution in [2.45, 2.75) is 6.42 Å². The zero-order chi connectivity index (χ0) is 18.4. The van der Waals surface area contributed by atoms with Gasteiger partial charge < -0.3 is 9.15 Å². The van der Waals surface area contributed by atoms with Crippen LogP contribution in [-0.2, 0) is 20.7 Å². The minimum atomic E-state index is -0.610. The van der Waals surface area contributed by atoms with E-state index in [1.807, 2.05) is 18.2 Å². The Hall–Kier alpha value is -3.55. The first-order chi connectivity index (χ1) is 12.6. The minimum Gasteiger partial charge on any atom is -0.455 e. The molecule has 0 aliphatic heterocycles. The van der Waals surface area contributed by atoms with Crippen LogP contribution in [0.15, 0.2) is 59.0 Å². The fourth-order valence-electron chi connectivity index (χ4n) is 2.09. The molecule has 0 saturated carbocycles. The van der Waals surface area contributed by atoms with E-state index >= 15 is 0 Å². The Morgan fingerprint density at radius 3 is 2.50 bits per heavy atom. The zero-order valence-corrected chi connectivity index (χ0v) is 13.5. The van der Waals surface area contributed by atoms with Crippen LogP contribution < -0.4 is 5.32 Å². The van der Waals surface area contributed by atoms with Crippen molar-refractivity contribution in [3.63, 3.8) is 0 Å². The highest BCUT2D eigenvalue weighted by Crippen LogP contribution is 2.18. The number of carbonyl (C=O) groups excluding carboxylic acids is 2. The van der Waals surface area contributed by atoms with Crippen LogP contribution in [-0.4, -0.2) is 28.7 Å². The van der Waals surface area contributed by atoms with Crippen LogP contribution in [0.4, 0.5) is 10.4 Å². The average molecular weight is 355 g/mol. The number of benzene rings is 2. The average Bonchev–Trinajstić information content (AvgIpc) is 3.11. The summed E-state index contributed by atoms with van der Waals surface area (Å²) < 4.78 is 23.0. The van der Waals surface area contributed by atoms with E-state index in [9.17, 15) is 14.0 Å². The summed E-state index contributed by atoms with van der Waals surface area (Å²) in [7, 11) is 0. The van der Waals surface area contributed by atoms with E-state index in [1.54, 1.807) is 12.1 Å². The number of halogens is 1. The molecule has 0 aliphatic rings. The summed E-state index contributed by atoms with van der Waals surface area (Å²) in [6, 6.07) is 14.4. The molecule has 1 heterocycles. The van der Waals surface area contributed by atoms with Crippen molar-refractivity contribution in [3.8, 4) is 11.5 Å². The summed E-state index contributed by atoms with van der Waals surface area (Å²) in [6.45, 7) is -0.497. The van der Waals surface area contributed by atoms with E-state index in [1.165, 1.54) is 24.3 Å². The zero-order valence-electron chi connectivity index (χ0n) is 13.5. The maximum Gasteiger partial charge on any atom is 0.322 e. The summed E-state index contributed by atoms with van der Waals surface area (Å²) in [4.78, 5) is 23.5. The Kier molecular flexibility index (Phi) is 5.33. The molecule has 1 N–H and O–H groups in total. The Morgan fingerprint density at radius 2 is 1.77 bits per heavy atom. The number of hydrogen-bond donors (Lipinski definition) is 1. The van der Waals surface area contributed by atoms with Gasteiger partial charge in [0.2, 0.25) is 5.89 Å². The Bertz CT molecular complexity index is 894. The third kappa shape index (κ3) is 4.73. The fraction of sp³-hybridized carbons (Fsp3) is 0.111. The van der Waals surface area contributed by atoms with Gasteiger partial charge in [0.25, 0.3) is 5.91 Å². The molecule has 0 radical (unpaired) electrons. The number of ether oxygens (including phenoxy) is 1. The SMILES string of the molecule is O=C(COC(=O)Cc1ccc(F)cc1)Nc1nnc(-c2ccccc2)o1. The minimum absolute atomic E-state index is 0.0632. The van der Waals surface area contributed by atoms with Gasteiger partial charge in [-0.05, 0) is 29.8 Å². The van der Waals surface area contributed by atoms with E-state index in [0.29, 0.717) is 11.1 Å². The second-order valence-corrected chi connectivity index (χ2v) is 5.29. The van der Waals surface area contributed by atoms with Crippen LogP contribution in [0.25, 0.3) is 11.5 Å². The Morgan fingerprint density at radius 1 is 1.04 bits per heavy atom. The van der Waals surface area contributed by atoms with Crippen molar-refractivity contribution >= 4 is 17.9 Å². The van der Waals surface area contributed by atoms with Gasteiger partial charge >= 0.3 is 12.0 Å². The molecule has 0 atom stereocenters. The number of esters is 1. The van der Waals surface area contributed by atoms with E-state index in [2.05, 4.69) is 15.5 Å². The lowest BCUT2D eigenvalue weighted by Gasteiger charge is -2.04. The number of nitrogens with one attached hydrogen (secondary N) is 1. The first kappa shape index (κ1) is 17.3. The number of amides is 1. The molecule has 3 aromatic rings. The summed E-state index contributed by atoms with van der Waals surface area (Å²) in [5.41, 5.74) is 1.30. The lowest BCUT2D eigenvalue weighted by molar-refractivity contribution is -0.146. The highest BCUT2D eigenvalue weighted by atomic mass is 19.1. The lowest BCUT2D eigenvalue weighted by atomic mass is 10.1. The van der Waals surface area contributed by atoms with Gasteiger partial charge in [0.1, 0.15) is 5.82 Å². The largest absolute Gasteiger partial charge is 0.455 e. The van der Waals surface area contributed by atoms with Crippen molar-refractivity contribution in [1.29, 1.82) is 0 Å². The highest BCUT2D eigenvalue weighted by molar-refractivity contribution is 5.91. The number of carbonyl (C=O) groups is 2. The molecule has 1 aromatic heterocycles. The summed E-state index contributed by atoms with van der Waals surface area (Å²) >= 11 is 0. The van der Waals surface area contributed by atoms with E-state index in [4.69, 9.17) is 9.15 Å². The topological polar surface area (TPSA) is 94.3 Å². The number of hydrogen-bond acceptors (Lipinski definition) is 6. The molecule has 132 valence electrons. The van der Waals surface area contributed by atoms with Gasteiger partial charge in [0.15, 0.2) is 6.61 Å². The normalized spacial score (nSPS) is 10.3. The van der Waals surface area contributed by atoms with Crippen LogP contribution in [0.3, 0.4) is 0 Å². The molecule has 0 fully saturated rings. The van der Waals surface area contributed by atoms with Crippen LogP contribution in [0.5, 0.6) is 0 Å². The molecule has 0 spiro atoms. The van der Waals surface area contributed by atoms with Crippen LogP contribution in [0, 0.1) is 5.82 Å². The molecule has 8 heteroatoms. The molecule has 3 rings (SSSR count). The third-order valence-electron chi connectivity index (χ3n) is 3.32. The van der Waals surface area contributed by atoms with Crippen molar-refractivity contribution in [2.24, 2.45) is 0 Å². The molecule has 26 heavy (non-hydrogen) atoms. The quantitative estimate of drug-likeness (QED) is 0.683. The Balaban J connectivity index is 1.47. The van der Waals surface area contributed by atoms with Crippen molar-refractivity contribution < 1.29 is 23.1 Å². The number of aromatic nitrogens is 2. The van der Waals surface area contributed by atoms with Crippen molar-refractivity contribution in [3.05, 3.63) is 66.0 Å². The van der Waals surface area contributed by atoms with Gasteiger partial charge in [0, 0.05) is 5.56 Å². The second-order valence-electron chi connectivity index (χ2n) is 5.29. The van der Waals surface area contributed by atoms with Crippen LogP contribution in [0.1, 0.15) is 5.56 Å². The highest BCUT2D eigenvalue weighted by Gasteiger charge is 2.13. The molecule has 0 aliphatic carbocycles. The molecule has 7 nitrogen and oxygen atoms in total. The van der Waals surface area contributed by atoms with Gasteiger partial charge in [-0.25, -0.2) is 4.39 Å². The molecule has 0 saturated heterocycles. The predicted molar refractivity (Wildman–Crippen MR) is 89.4 cm³/mol. The molecule has 1 amide bonds. The molecular formula is C18H14FN3O4. The van der Waals surface area contributed by atoms with Crippen LogP contribution in [0.2, 0.25) is 0 Å². The lowest BCUT2D eigenvalue weighted by Crippen LogP contribution is -2.21. The summed E-state index contributed by atoms with van der Waals surface area (Å²) in [5, 5.41) is 9.89. The van der Waals surface area contributed by atoms with E-state index in [0.717, 1.165) is 0 Å². The second kappa shape index (κ2) is 8.02. The van der Waals surface area contributed by atoms with Gasteiger partial charge in [-0.15, -0.1) is 5.10 Å². The maximum atomic E-state index is 12.8. The number of anilines is 1. The monoisotopic (exact) mass is 355 g/mol. The summed E-state index contributed by atoms with van der Waals surface area (Å²) in [5.74, 6) is -1.35. The van der Waals surface area contributed by atoms with Gasteiger partial charge in [-0.1, -0.05) is 35.4 Å². The number of rotatable bonds is 6. The van der Waals surface area contributed by atoms with E-state index in [-0.39, 0.29) is 18.3 Å². The first-order valence-corrected chi connectivity index (χ1v) is 7.69. The molecule has 0 unspecified atom stereocenters. The molecule has 0 bridgehead atoms.